The lowest BCUT2D eigenvalue weighted by Crippen LogP contribution is -2.38. The van der Waals surface area contributed by atoms with Gasteiger partial charge in [-0.15, -0.1) is 24.0 Å². The number of hydrogen-bond donors (Lipinski definition) is 2. The number of unbranched alkanes of at least 4 members (excludes halogenated alkanes) is 1. The van der Waals surface area contributed by atoms with Gasteiger partial charge in [-0.05, 0) is 50.5 Å². The molecule has 3 rings (SSSR count). The predicted octanol–water partition coefficient (Wildman–Crippen LogP) is 4.38. The van der Waals surface area contributed by atoms with Gasteiger partial charge in [0, 0.05) is 26.7 Å². The Kier molecular flexibility index (Phi) is 10.5. The number of aromatic nitrogens is 2. The lowest BCUT2D eigenvalue weighted by atomic mass is 10.3. The van der Waals surface area contributed by atoms with Crippen molar-refractivity contribution in [2.75, 3.05) is 26.7 Å². The summed E-state index contributed by atoms with van der Waals surface area (Å²) in [5.74, 6) is 2.84. The normalized spacial score (nSPS) is 11.2. The van der Waals surface area contributed by atoms with Gasteiger partial charge in [-0.3, -0.25) is 4.99 Å². The number of halogens is 1. The van der Waals surface area contributed by atoms with Crippen molar-refractivity contribution < 1.29 is 4.74 Å². The highest BCUT2D eigenvalue weighted by molar-refractivity contribution is 14.0. The number of nitrogens with one attached hydrogen (secondary N) is 2. The van der Waals surface area contributed by atoms with Crippen LogP contribution >= 0.6 is 24.0 Å². The third-order valence-electron chi connectivity index (χ3n) is 4.80. The first-order valence-electron chi connectivity index (χ1n) is 10.3. The summed E-state index contributed by atoms with van der Waals surface area (Å²) in [4.78, 5) is 8.92. The molecule has 0 aliphatic rings. The first-order valence-corrected chi connectivity index (χ1v) is 10.3. The number of imidazole rings is 1. The van der Waals surface area contributed by atoms with E-state index >= 15 is 0 Å². The first kappa shape index (κ1) is 24.0. The second-order valence-corrected chi connectivity index (χ2v) is 6.95. The molecular weight excluding hydrogens is 489 g/mol. The maximum atomic E-state index is 5.71. The minimum absolute atomic E-state index is 0. The SMILES string of the molecule is CN=C(NCCCCOc1ccccc1)NCCCn1c(C)nc2ccccc21.I. The third kappa shape index (κ3) is 7.19. The molecule has 0 spiro atoms. The lowest BCUT2D eigenvalue weighted by Gasteiger charge is -2.13. The molecule has 30 heavy (non-hydrogen) atoms. The molecule has 0 amide bonds. The van der Waals surface area contributed by atoms with Crippen molar-refractivity contribution in [3.63, 3.8) is 0 Å². The second-order valence-electron chi connectivity index (χ2n) is 6.95. The molecule has 0 atom stereocenters. The molecule has 0 aliphatic carbocycles. The van der Waals surface area contributed by atoms with Gasteiger partial charge in [-0.1, -0.05) is 30.3 Å². The van der Waals surface area contributed by atoms with Crippen LogP contribution in [0.5, 0.6) is 5.75 Å². The Labute approximate surface area is 196 Å². The molecule has 2 N–H and O–H groups in total. The van der Waals surface area contributed by atoms with Crippen molar-refractivity contribution in [2.45, 2.75) is 32.7 Å². The standard InChI is InChI=1S/C23H31N5O.HI/c1-19-27-21-13-6-7-14-22(21)28(19)17-10-16-26-23(24-2)25-15-8-9-18-29-20-11-4-3-5-12-20;/h3-7,11-14H,8-10,15-18H2,1-2H3,(H2,24,25,26);1H. The zero-order valence-electron chi connectivity index (χ0n) is 17.8. The molecule has 2 aromatic carbocycles. The molecule has 0 saturated heterocycles. The third-order valence-corrected chi connectivity index (χ3v) is 4.80. The van der Waals surface area contributed by atoms with Gasteiger partial charge in [0.25, 0.3) is 0 Å². The average Bonchev–Trinajstić information content (AvgIpc) is 3.07. The van der Waals surface area contributed by atoms with Crippen LogP contribution in [-0.2, 0) is 6.54 Å². The van der Waals surface area contributed by atoms with Crippen LogP contribution in [0.15, 0.2) is 59.6 Å². The number of fused-ring (bicyclic) bond motifs is 1. The van der Waals surface area contributed by atoms with E-state index in [-0.39, 0.29) is 24.0 Å². The fourth-order valence-corrected chi connectivity index (χ4v) is 3.28. The summed E-state index contributed by atoms with van der Waals surface area (Å²) in [7, 11) is 1.81. The fourth-order valence-electron chi connectivity index (χ4n) is 3.28. The van der Waals surface area contributed by atoms with Gasteiger partial charge in [0.1, 0.15) is 11.6 Å². The number of nitrogens with zero attached hydrogens (tertiary/aromatic N) is 3. The van der Waals surface area contributed by atoms with E-state index in [9.17, 15) is 0 Å². The van der Waals surface area contributed by atoms with Crippen LogP contribution in [0.1, 0.15) is 25.1 Å². The summed E-state index contributed by atoms with van der Waals surface area (Å²) in [6, 6.07) is 18.2. The van der Waals surface area contributed by atoms with Crippen molar-refractivity contribution in [3.05, 3.63) is 60.4 Å². The monoisotopic (exact) mass is 521 g/mol. The Morgan fingerprint density at radius 1 is 0.967 bits per heavy atom. The van der Waals surface area contributed by atoms with Crippen LogP contribution in [0.4, 0.5) is 0 Å². The number of aryl methyl sites for hydroxylation is 2. The van der Waals surface area contributed by atoms with Crippen LogP contribution in [0.25, 0.3) is 11.0 Å². The molecule has 0 unspecified atom stereocenters. The summed E-state index contributed by atoms with van der Waals surface area (Å²) >= 11 is 0. The Balaban J connectivity index is 0.00000320. The summed E-state index contributed by atoms with van der Waals surface area (Å²) in [5.41, 5.74) is 2.26. The summed E-state index contributed by atoms with van der Waals surface area (Å²) in [6.45, 7) is 5.48. The molecule has 3 aromatic rings. The number of ether oxygens (including phenoxy) is 1. The van der Waals surface area contributed by atoms with Crippen molar-refractivity contribution >= 4 is 41.0 Å². The zero-order valence-corrected chi connectivity index (χ0v) is 20.1. The van der Waals surface area contributed by atoms with Crippen LogP contribution in [0, 0.1) is 6.92 Å². The minimum Gasteiger partial charge on any atom is -0.494 e. The summed E-state index contributed by atoms with van der Waals surface area (Å²) < 4.78 is 7.99. The Morgan fingerprint density at radius 2 is 1.67 bits per heavy atom. The van der Waals surface area contributed by atoms with Crippen molar-refractivity contribution in [3.8, 4) is 5.75 Å². The van der Waals surface area contributed by atoms with E-state index in [2.05, 4.69) is 50.3 Å². The van der Waals surface area contributed by atoms with Gasteiger partial charge in [-0.25, -0.2) is 4.98 Å². The van der Waals surface area contributed by atoms with Crippen molar-refractivity contribution in [1.29, 1.82) is 0 Å². The van der Waals surface area contributed by atoms with E-state index in [1.54, 1.807) is 7.05 Å². The van der Waals surface area contributed by atoms with Gasteiger partial charge in [0.2, 0.25) is 0 Å². The van der Waals surface area contributed by atoms with Crippen molar-refractivity contribution in [1.82, 2.24) is 20.2 Å². The van der Waals surface area contributed by atoms with Crippen LogP contribution in [-0.4, -0.2) is 42.3 Å². The number of aliphatic imine (C=N–C) groups is 1. The molecule has 0 aliphatic heterocycles. The van der Waals surface area contributed by atoms with Gasteiger partial charge in [0.15, 0.2) is 5.96 Å². The molecule has 162 valence electrons. The number of benzene rings is 2. The van der Waals surface area contributed by atoms with E-state index in [1.165, 1.54) is 5.52 Å². The second kappa shape index (κ2) is 13.1. The molecule has 0 radical (unpaired) electrons. The molecule has 1 aromatic heterocycles. The van der Waals surface area contributed by atoms with E-state index < -0.39 is 0 Å². The Hall–Kier alpha value is -2.29. The van der Waals surface area contributed by atoms with Gasteiger partial charge < -0.3 is 19.9 Å². The van der Waals surface area contributed by atoms with Crippen LogP contribution < -0.4 is 15.4 Å². The smallest absolute Gasteiger partial charge is 0.190 e. The quantitative estimate of drug-likeness (QED) is 0.180. The highest BCUT2D eigenvalue weighted by Gasteiger charge is 2.06. The highest BCUT2D eigenvalue weighted by atomic mass is 127. The fraction of sp³-hybridized carbons (Fsp3) is 0.391. The molecule has 7 heteroatoms. The molecule has 6 nitrogen and oxygen atoms in total. The zero-order chi connectivity index (χ0) is 20.3. The first-order chi connectivity index (χ1) is 14.3. The predicted molar refractivity (Wildman–Crippen MR) is 135 cm³/mol. The van der Waals surface area contributed by atoms with E-state index in [1.807, 2.05) is 36.4 Å². The Morgan fingerprint density at radius 3 is 2.43 bits per heavy atom. The maximum Gasteiger partial charge on any atom is 0.190 e. The summed E-state index contributed by atoms with van der Waals surface area (Å²) in [5, 5.41) is 6.76. The highest BCUT2D eigenvalue weighted by Crippen LogP contribution is 2.15. The molecule has 1 heterocycles. The van der Waals surface area contributed by atoms with Crippen molar-refractivity contribution in [2.24, 2.45) is 4.99 Å². The van der Waals surface area contributed by atoms with Gasteiger partial charge >= 0.3 is 0 Å². The molecular formula is C23H32IN5O. The number of rotatable bonds is 10. The van der Waals surface area contributed by atoms with E-state index in [0.717, 1.165) is 68.6 Å². The van der Waals surface area contributed by atoms with Crippen LogP contribution in [0.2, 0.25) is 0 Å². The molecule has 0 fully saturated rings. The lowest BCUT2D eigenvalue weighted by molar-refractivity contribution is 0.307. The molecule has 0 saturated carbocycles. The number of guanidine groups is 1. The van der Waals surface area contributed by atoms with Crippen LogP contribution in [0.3, 0.4) is 0 Å². The Bertz CT molecular complexity index is 910. The number of para-hydroxylation sites is 3. The van der Waals surface area contributed by atoms with Gasteiger partial charge in [0.05, 0.1) is 17.6 Å². The number of hydrogen-bond acceptors (Lipinski definition) is 3. The summed E-state index contributed by atoms with van der Waals surface area (Å²) in [6.07, 6.45) is 3.05. The molecule has 0 bridgehead atoms. The van der Waals surface area contributed by atoms with E-state index in [4.69, 9.17) is 4.74 Å². The average molecular weight is 521 g/mol. The topological polar surface area (TPSA) is 63.5 Å². The largest absolute Gasteiger partial charge is 0.494 e. The van der Waals surface area contributed by atoms with E-state index in [0.29, 0.717) is 0 Å². The maximum absolute atomic E-state index is 5.71. The van der Waals surface area contributed by atoms with Gasteiger partial charge in [-0.2, -0.15) is 0 Å². The minimum atomic E-state index is 0.